The van der Waals surface area contributed by atoms with Crippen molar-refractivity contribution in [2.75, 3.05) is 33.0 Å². The smallest absolute Gasteiger partial charge is 0.855 e. The third-order valence-corrected chi connectivity index (χ3v) is 2.72. The minimum absolute atomic E-state index is 0. The minimum Gasteiger partial charge on any atom is -0.855 e. The van der Waals surface area contributed by atoms with Gasteiger partial charge in [0.2, 0.25) is 0 Å². The first-order chi connectivity index (χ1) is 7.67. The van der Waals surface area contributed by atoms with E-state index in [1.165, 1.54) is 0 Å². The summed E-state index contributed by atoms with van der Waals surface area (Å²) < 4.78 is 15.7. The van der Waals surface area contributed by atoms with Gasteiger partial charge < -0.3 is 21.6 Å². The van der Waals surface area contributed by atoms with Crippen LogP contribution in [0.25, 0.3) is 0 Å². The Morgan fingerprint density at radius 1 is 0.706 bits per heavy atom. The van der Waals surface area contributed by atoms with Gasteiger partial charge in [-0.2, -0.15) is 0 Å². The summed E-state index contributed by atoms with van der Waals surface area (Å²) in [6.45, 7) is 11.0. The molecule has 0 N–H and O–H groups in total. The van der Waals surface area contributed by atoms with E-state index in [4.69, 9.17) is 21.6 Å². The van der Waals surface area contributed by atoms with Crippen LogP contribution in [0.15, 0.2) is 0 Å². The van der Waals surface area contributed by atoms with Crippen LogP contribution in [0.5, 0.6) is 0 Å². The molecule has 0 aliphatic heterocycles. The third kappa shape index (κ3) is 38.1. The Labute approximate surface area is 151 Å². The Morgan fingerprint density at radius 3 is 1.00 bits per heavy atom. The van der Waals surface area contributed by atoms with Crippen molar-refractivity contribution in [3.8, 4) is 0 Å². The maximum Gasteiger partial charge on any atom is 2.00 e. The van der Waals surface area contributed by atoms with E-state index < -0.39 is 15.1 Å². The van der Waals surface area contributed by atoms with Crippen LogP contribution in [0.4, 0.5) is 0 Å². The van der Waals surface area contributed by atoms with Crippen molar-refractivity contribution < 1.29 is 21.6 Å². The molecule has 0 aromatic heterocycles. The summed E-state index contributed by atoms with van der Waals surface area (Å²) in [6.07, 6.45) is 0. The van der Waals surface area contributed by atoms with Gasteiger partial charge in [0.05, 0.1) is 0 Å². The van der Waals surface area contributed by atoms with Gasteiger partial charge in [-0.15, -0.1) is 13.2 Å². The van der Waals surface area contributed by atoms with E-state index in [1.807, 2.05) is 20.8 Å². The van der Waals surface area contributed by atoms with E-state index in [0.29, 0.717) is 19.8 Å². The summed E-state index contributed by atoms with van der Waals surface area (Å²) in [6, 6.07) is 0. The maximum atomic E-state index is 8.93. The van der Waals surface area contributed by atoms with Crippen LogP contribution < -0.4 is 10.2 Å². The average molecular weight is 390 g/mol. The fourth-order valence-electron chi connectivity index (χ4n) is 0.553. The van der Waals surface area contributed by atoms with Gasteiger partial charge in [0.15, 0.2) is 0 Å². The van der Waals surface area contributed by atoms with Gasteiger partial charge in [0.1, 0.15) is 0 Å². The zero-order valence-electron chi connectivity index (χ0n) is 11.9. The van der Waals surface area contributed by atoms with E-state index in [9.17, 15) is 0 Å². The molecular formula is C10H25AlBaO5. The Bertz CT molecular complexity index is 84.5. The second-order valence-corrected chi connectivity index (χ2v) is 3.81. The summed E-state index contributed by atoms with van der Waals surface area (Å²) in [5.41, 5.74) is 0. The van der Waals surface area contributed by atoms with Crippen molar-refractivity contribution >= 4 is 64.0 Å². The van der Waals surface area contributed by atoms with Gasteiger partial charge in [0.25, 0.3) is 0 Å². The monoisotopic (exact) mass is 390 g/mol. The zero-order valence-corrected chi connectivity index (χ0v) is 17.5. The summed E-state index contributed by atoms with van der Waals surface area (Å²) in [5, 5.41) is 17.9. The molecule has 0 saturated carbocycles. The molecule has 0 spiro atoms. The number of hydrogen-bond donors (Lipinski definition) is 0. The molecule has 0 aromatic rings. The predicted molar refractivity (Wildman–Crippen MR) is 67.5 cm³/mol. The molecule has 0 amide bonds. The molecule has 0 heterocycles. The van der Waals surface area contributed by atoms with Crippen molar-refractivity contribution in [3.63, 3.8) is 0 Å². The van der Waals surface area contributed by atoms with Gasteiger partial charge in [-0.1, -0.05) is 13.8 Å². The molecule has 0 rings (SSSR count). The molecular weight excluding hydrogens is 364 g/mol. The quantitative estimate of drug-likeness (QED) is 0.569. The topological polar surface area (TPSA) is 73.8 Å². The first-order valence-corrected chi connectivity index (χ1v) is 7.10. The normalized spacial score (nSPS) is 7.94. The van der Waals surface area contributed by atoms with Crippen molar-refractivity contribution in [1.82, 2.24) is 0 Å². The first kappa shape index (κ1) is 27.3. The van der Waals surface area contributed by atoms with Gasteiger partial charge in [0, 0.05) is 19.8 Å². The van der Waals surface area contributed by atoms with Crippen LogP contribution in [0.2, 0.25) is 0 Å². The zero-order chi connectivity index (χ0) is 13.2. The van der Waals surface area contributed by atoms with Gasteiger partial charge >= 0.3 is 64.0 Å². The molecule has 0 bridgehead atoms. The second-order valence-electron chi connectivity index (χ2n) is 2.23. The second kappa shape index (κ2) is 30.7. The predicted octanol–water partition coefficient (Wildman–Crippen LogP) is -0.567. The standard InChI is InChI=1S/5C2H5O.Al.Ba/c5*1-2-3;;/h5*2H2,1H3;;/q5*-1;+3;+2. The summed E-state index contributed by atoms with van der Waals surface area (Å²) in [4.78, 5) is 0. The third-order valence-electron chi connectivity index (χ3n) is 0.908. The van der Waals surface area contributed by atoms with Crippen molar-refractivity contribution in [2.24, 2.45) is 0 Å². The van der Waals surface area contributed by atoms with Crippen molar-refractivity contribution in [3.05, 3.63) is 0 Å². The molecule has 5 nitrogen and oxygen atoms in total. The molecule has 0 aliphatic rings. The van der Waals surface area contributed by atoms with Gasteiger partial charge in [-0.25, -0.2) is 0 Å². The fraction of sp³-hybridized carbons (Fsp3) is 1.00. The molecule has 0 aromatic carbocycles. The average Bonchev–Trinajstić information content (AvgIpc) is 2.21. The molecule has 17 heavy (non-hydrogen) atoms. The van der Waals surface area contributed by atoms with E-state index in [1.54, 1.807) is 13.8 Å². The molecule has 0 unspecified atom stereocenters. The molecule has 0 aliphatic carbocycles. The molecule has 7 heteroatoms. The van der Waals surface area contributed by atoms with Crippen LogP contribution in [-0.2, 0) is 11.4 Å². The van der Waals surface area contributed by atoms with Crippen LogP contribution in [0, 0.1) is 0 Å². The molecule has 100 valence electrons. The van der Waals surface area contributed by atoms with Crippen molar-refractivity contribution in [1.29, 1.82) is 0 Å². The van der Waals surface area contributed by atoms with E-state index >= 15 is 0 Å². The fourth-order valence-corrected chi connectivity index (χ4v) is 1.66. The molecule has 0 radical (unpaired) electrons. The largest absolute Gasteiger partial charge is 2.00 e. The van der Waals surface area contributed by atoms with Crippen LogP contribution >= 0.6 is 0 Å². The van der Waals surface area contributed by atoms with Crippen LogP contribution in [0.1, 0.15) is 34.6 Å². The molecule has 0 atom stereocenters. The van der Waals surface area contributed by atoms with Gasteiger partial charge in [-0.3, -0.25) is 0 Å². The summed E-state index contributed by atoms with van der Waals surface area (Å²) in [7, 11) is 0. The maximum absolute atomic E-state index is 8.93. The van der Waals surface area contributed by atoms with E-state index in [-0.39, 0.29) is 62.1 Å². The van der Waals surface area contributed by atoms with E-state index in [2.05, 4.69) is 0 Å². The number of rotatable bonds is 6. The Hall–Kier alpha value is 1.90. The number of hydrogen-bond acceptors (Lipinski definition) is 5. The Morgan fingerprint density at radius 2 is 0.882 bits per heavy atom. The van der Waals surface area contributed by atoms with E-state index in [0.717, 1.165) is 0 Å². The summed E-state index contributed by atoms with van der Waals surface area (Å²) >= 11 is -1.73. The first-order valence-electron chi connectivity index (χ1n) is 5.69. The Balaban J connectivity index is -0.000000102. The van der Waals surface area contributed by atoms with Crippen LogP contribution in [0.3, 0.4) is 0 Å². The Kier molecular flexibility index (Phi) is 49.3. The minimum atomic E-state index is -1.73. The SMILES string of the molecule is CC[O-].CC[O-].CC[O][Al]([O]CC)[O]CC.[Ba+2]. The summed E-state index contributed by atoms with van der Waals surface area (Å²) in [5.74, 6) is 0. The van der Waals surface area contributed by atoms with Crippen molar-refractivity contribution in [2.45, 2.75) is 34.6 Å². The van der Waals surface area contributed by atoms with Crippen LogP contribution in [-0.4, -0.2) is 97.1 Å². The molecule has 0 saturated heterocycles. The molecule has 0 fully saturated rings. The van der Waals surface area contributed by atoms with Gasteiger partial charge in [-0.05, 0) is 20.8 Å².